The smallest absolute Gasteiger partial charge is 0.330 e. The summed E-state index contributed by atoms with van der Waals surface area (Å²) in [7, 11) is 0. The highest BCUT2D eigenvalue weighted by Crippen LogP contribution is 2.28. The zero-order valence-corrected chi connectivity index (χ0v) is 19.0. The van der Waals surface area contributed by atoms with Crippen molar-refractivity contribution in [1.82, 2.24) is 0 Å². The van der Waals surface area contributed by atoms with E-state index in [4.69, 9.17) is 4.74 Å². The summed E-state index contributed by atoms with van der Waals surface area (Å²) in [6, 6.07) is 14.0. The molecule has 2 atom stereocenters. The molecule has 0 aliphatic heterocycles. The first-order valence-electron chi connectivity index (χ1n) is 8.97. The van der Waals surface area contributed by atoms with Crippen molar-refractivity contribution in [2.24, 2.45) is 5.92 Å². The van der Waals surface area contributed by atoms with Crippen molar-refractivity contribution in [2.45, 2.75) is 46.3 Å². The summed E-state index contributed by atoms with van der Waals surface area (Å²) in [5, 5.41) is 0. The zero-order chi connectivity index (χ0) is 21.1. The Bertz CT molecular complexity index is 829. The van der Waals surface area contributed by atoms with E-state index in [1.54, 1.807) is 46.8 Å². The fourth-order valence-electron chi connectivity index (χ4n) is 2.78. The van der Waals surface area contributed by atoms with Crippen LogP contribution in [0.5, 0.6) is 0 Å². The predicted molar refractivity (Wildman–Crippen MR) is 115 cm³/mol. The van der Waals surface area contributed by atoms with Gasteiger partial charge in [0.05, 0.1) is 0 Å². The first-order chi connectivity index (χ1) is 13.0. The fraction of sp³-hybridized carbons (Fsp3) is 0.381. The molecule has 0 spiro atoms. The quantitative estimate of drug-likeness (QED) is 0.439. The van der Waals surface area contributed by atoms with Gasteiger partial charge in [0.15, 0.2) is 0 Å². The minimum atomic E-state index is -2.63. The number of anilines is 1. The van der Waals surface area contributed by atoms with Gasteiger partial charge in [0.2, 0.25) is 0 Å². The number of hydrogen-bond acceptors (Lipinski definition) is 4. The van der Waals surface area contributed by atoms with Crippen LogP contribution < -0.4 is 4.31 Å². The third-order valence-electron chi connectivity index (χ3n) is 3.99. The van der Waals surface area contributed by atoms with Gasteiger partial charge in [-0.1, -0.05) is 54.0 Å². The second kappa shape index (κ2) is 9.20. The Morgan fingerprint density at radius 1 is 1.04 bits per heavy atom. The minimum absolute atomic E-state index is 0.265. The maximum absolute atomic E-state index is 12.7. The van der Waals surface area contributed by atoms with Crippen molar-refractivity contribution in [2.75, 3.05) is 4.31 Å². The number of nitrogens with zero attached hydrogens (tertiary/aromatic N) is 1. The highest BCUT2D eigenvalue weighted by atomic mass is 79.9. The van der Waals surface area contributed by atoms with Gasteiger partial charge in [0, 0.05) is 21.4 Å². The molecule has 0 N–H and O–H groups in total. The van der Waals surface area contributed by atoms with E-state index >= 15 is 0 Å². The Morgan fingerprint density at radius 3 is 1.89 bits per heavy atom. The van der Waals surface area contributed by atoms with Gasteiger partial charge in [-0.25, -0.2) is 4.79 Å². The molecule has 5 nitrogen and oxygen atoms in total. The predicted octanol–water partition coefficient (Wildman–Crippen LogP) is 5.08. The average molecular weight is 467 g/mol. The third kappa shape index (κ3) is 5.90. The second-order valence-electron chi connectivity index (χ2n) is 7.82. The van der Waals surface area contributed by atoms with Crippen LogP contribution in [-0.4, -0.2) is 26.4 Å². The molecule has 0 heterocycles. The van der Waals surface area contributed by atoms with Gasteiger partial charge >= 0.3 is 5.97 Å². The monoisotopic (exact) mass is 466 g/mol. The van der Waals surface area contributed by atoms with Crippen LogP contribution in [0.15, 0.2) is 53.0 Å². The van der Waals surface area contributed by atoms with Crippen molar-refractivity contribution < 1.29 is 18.3 Å². The molecule has 28 heavy (non-hydrogen) atoms. The van der Waals surface area contributed by atoms with Crippen LogP contribution in [-0.2, 0) is 20.8 Å². The normalized spacial score (nSPS) is 13.9. The van der Waals surface area contributed by atoms with E-state index in [0.717, 1.165) is 19.9 Å². The maximum Gasteiger partial charge on any atom is 0.330 e. The lowest BCUT2D eigenvalue weighted by Crippen LogP contribution is -2.48. The number of carbonyl (C=O) groups excluding carboxylic acids is 1. The van der Waals surface area contributed by atoms with Gasteiger partial charge in [-0.05, 0) is 62.1 Å². The average Bonchev–Trinajstić information content (AvgIpc) is 2.58. The van der Waals surface area contributed by atoms with Gasteiger partial charge in [0.1, 0.15) is 11.6 Å². The first kappa shape index (κ1) is 22.6. The van der Waals surface area contributed by atoms with Crippen molar-refractivity contribution in [3.63, 3.8) is 0 Å². The lowest BCUT2D eigenvalue weighted by Gasteiger charge is -2.36. The van der Waals surface area contributed by atoms with Crippen molar-refractivity contribution >= 4 is 38.9 Å². The molecule has 0 bridgehead atoms. The van der Waals surface area contributed by atoms with Crippen LogP contribution in [0.25, 0.3) is 11.1 Å². The van der Waals surface area contributed by atoms with Crippen LogP contribution >= 0.6 is 15.9 Å². The molecule has 0 aliphatic carbocycles. The van der Waals surface area contributed by atoms with Crippen LogP contribution in [0.2, 0.25) is 0 Å². The summed E-state index contributed by atoms with van der Waals surface area (Å²) >= 11 is 0.777. The summed E-state index contributed by atoms with van der Waals surface area (Å²) in [5.74, 6) is -0.831. The van der Waals surface area contributed by atoms with Crippen molar-refractivity contribution in [3.05, 3.63) is 53.0 Å². The largest absolute Gasteiger partial charge is 0.755 e. The van der Waals surface area contributed by atoms with Gasteiger partial charge in [-0.2, -0.15) is 0 Å². The topological polar surface area (TPSA) is 69.7 Å². The van der Waals surface area contributed by atoms with Crippen LogP contribution in [0.3, 0.4) is 0 Å². The number of rotatable bonds is 6. The van der Waals surface area contributed by atoms with E-state index in [1.807, 2.05) is 36.4 Å². The lowest BCUT2D eigenvalue weighted by molar-refractivity contribution is -0.157. The van der Waals surface area contributed by atoms with E-state index in [2.05, 4.69) is 15.9 Å². The Balaban J connectivity index is 2.37. The van der Waals surface area contributed by atoms with E-state index in [0.29, 0.717) is 5.69 Å². The number of benzene rings is 2. The molecule has 0 saturated heterocycles. The van der Waals surface area contributed by atoms with Gasteiger partial charge in [0.25, 0.3) is 0 Å². The molecule has 0 amide bonds. The van der Waals surface area contributed by atoms with Gasteiger partial charge < -0.3 is 9.29 Å². The summed E-state index contributed by atoms with van der Waals surface area (Å²) in [6.45, 7) is 8.87. The summed E-state index contributed by atoms with van der Waals surface area (Å²) in [6.07, 6.45) is 0. The summed E-state index contributed by atoms with van der Waals surface area (Å²) in [4.78, 5) is 12.7. The maximum atomic E-state index is 12.7. The lowest BCUT2D eigenvalue weighted by atomic mass is 10.0. The molecule has 0 fully saturated rings. The Labute approximate surface area is 177 Å². The number of hydrogen-bond donors (Lipinski definition) is 0. The van der Waals surface area contributed by atoms with E-state index in [1.165, 1.54) is 0 Å². The molecule has 0 aliphatic rings. The van der Waals surface area contributed by atoms with Gasteiger partial charge in [-0.3, -0.25) is 8.51 Å². The molecular weight excluding hydrogens is 442 g/mol. The molecule has 2 aromatic carbocycles. The number of ether oxygens (including phenoxy) is 1. The molecule has 7 heteroatoms. The molecule has 152 valence electrons. The molecule has 2 rings (SSSR count). The third-order valence-corrected chi connectivity index (χ3v) is 5.28. The highest BCUT2D eigenvalue weighted by Gasteiger charge is 2.34. The highest BCUT2D eigenvalue weighted by molar-refractivity contribution is 9.10. The Kier molecular flexibility index (Phi) is 7.42. The van der Waals surface area contributed by atoms with Crippen molar-refractivity contribution in [1.29, 1.82) is 0 Å². The van der Waals surface area contributed by atoms with Crippen LogP contribution in [0.4, 0.5) is 5.69 Å². The zero-order valence-electron chi connectivity index (χ0n) is 16.6. The molecule has 2 aromatic rings. The molecular formula is C21H25BrNO4S-. The number of carbonyl (C=O) groups is 1. The first-order valence-corrected chi connectivity index (χ1v) is 10.8. The van der Waals surface area contributed by atoms with Gasteiger partial charge in [-0.15, -0.1) is 0 Å². The van der Waals surface area contributed by atoms with Crippen LogP contribution in [0, 0.1) is 5.92 Å². The fourth-order valence-corrected chi connectivity index (χ4v) is 3.86. The molecule has 0 radical (unpaired) electrons. The molecule has 0 saturated carbocycles. The number of esters is 1. The summed E-state index contributed by atoms with van der Waals surface area (Å²) < 4.78 is 31.6. The van der Waals surface area contributed by atoms with Crippen molar-refractivity contribution in [3.8, 4) is 11.1 Å². The molecule has 2 unspecified atom stereocenters. The Morgan fingerprint density at radius 2 is 1.50 bits per heavy atom. The second-order valence-corrected chi connectivity index (χ2v) is 9.56. The molecule has 0 aromatic heterocycles. The van der Waals surface area contributed by atoms with E-state index < -0.39 is 28.9 Å². The SMILES string of the molecule is CC(C)C(C(=O)OC(C)(C)C)N(c1ccc(-c2ccc(Br)cc2)cc1)S(=O)[O-]. The Hall–Kier alpha value is -1.70. The standard InChI is InChI=1S/C21H26BrNO4S/c1-14(2)19(20(24)27-21(3,4)5)23(28(25)26)18-12-8-16(9-13-18)15-6-10-17(22)11-7-15/h6-14,19H,1-5H3,(H,25,26)/p-1. The minimum Gasteiger partial charge on any atom is -0.755 e. The summed E-state index contributed by atoms with van der Waals surface area (Å²) in [5.41, 5.74) is 1.67. The number of halogens is 1. The van der Waals surface area contributed by atoms with E-state index in [-0.39, 0.29) is 5.92 Å². The van der Waals surface area contributed by atoms with Crippen LogP contribution in [0.1, 0.15) is 34.6 Å². The van der Waals surface area contributed by atoms with E-state index in [9.17, 15) is 13.6 Å².